The highest BCUT2D eigenvalue weighted by atomic mass is 127. The molecular formula is C47H40IN3S. The molecule has 1 heterocycles. The molecule has 0 aliphatic heterocycles. The van der Waals surface area contributed by atoms with Gasteiger partial charge >= 0.3 is 0 Å². The van der Waals surface area contributed by atoms with E-state index in [0.717, 1.165) is 39.8 Å². The van der Waals surface area contributed by atoms with Crippen molar-refractivity contribution in [1.82, 2.24) is 4.57 Å². The summed E-state index contributed by atoms with van der Waals surface area (Å²) in [6.45, 7) is 0. The predicted molar refractivity (Wildman–Crippen MR) is 238 cm³/mol. The summed E-state index contributed by atoms with van der Waals surface area (Å²) < 4.78 is 2.49. The average molecular weight is 806 g/mol. The molecule has 8 aromatic carbocycles. The minimum absolute atomic E-state index is 1.12. The van der Waals surface area contributed by atoms with Crippen LogP contribution >= 0.6 is 27.5 Å². The van der Waals surface area contributed by atoms with E-state index in [9.17, 15) is 0 Å². The fourth-order valence-electron chi connectivity index (χ4n) is 7.58. The summed E-state index contributed by atoms with van der Waals surface area (Å²) in [5, 5.41) is 5.02. The van der Waals surface area contributed by atoms with Gasteiger partial charge in [-0.05, 0) is 153 Å². The number of benzene rings is 8. The van der Waals surface area contributed by atoms with Gasteiger partial charge < -0.3 is 14.4 Å². The van der Waals surface area contributed by atoms with Crippen molar-refractivity contribution in [1.29, 1.82) is 0 Å². The Labute approximate surface area is 318 Å². The third-order valence-electron chi connectivity index (χ3n) is 9.99. The minimum Gasteiger partial charge on any atom is -0.310 e. The van der Waals surface area contributed by atoms with Gasteiger partial charge in [0.2, 0.25) is 0 Å². The summed E-state index contributed by atoms with van der Waals surface area (Å²) in [6, 6.07) is 66.2. The van der Waals surface area contributed by atoms with Crippen LogP contribution in [0.2, 0.25) is 0 Å². The smallest absolute Gasteiger partial charge is 0.0568 e. The van der Waals surface area contributed by atoms with Gasteiger partial charge in [-0.1, -0.05) is 84.9 Å². The van der Waals surface area contributed by atoms with Crippen LogP contribution in [-0.2, 0) is 0 Å². The Morgan fingerprint density at radius 3 is 1.08 bits per heavy atom. The number of hydrogen-bond donors (Lipinski definition) is 1. The molecule has 0 atom stereocenters. The Morgan fingerprint density at radius 2 is 0.750 bits per heavy atom. The number of hydrogen-bond acceptors (Lipinski definition) is 2. The van der Waals surface area contributed by atoms with Gasteiger partial charge in [-0.25, -0.2) is 6.33 Å². The first kappa shape index (κ1) is 32.7. The minimum atomic E-state index is -1.99. The van der Waals surface area contributed by atoms with Gasteiger partial charge in [0, 0.05) is 50.6 Å². The Hall–Kier alpha value is -5.24. The first-order chi connectivity index (χ1) is 25.2. The summed E-state index contributed by atoms with van der Waals surface area (Å²) >= 11 is 2.70. The van der Waals surface area contributed by atoms with E-state index in [1.54, 1.807) is 0 Å². The largest absolute Gasteiger partial charge is 0.310 e. The SMILES string of the molecule is C[SH](C)(C)(I)c1ccc(-n2c3cc(N(c4ccccc4)c4ccccc4)cc4ccc5cc(N(c6ccccc6)c6ccccc6)cc2c5c43)cc1. The van der Waals surface area contributed by atoms with Crippen molar-refractivity contribution in [2.75, 3.05) is 28.6 Å². The molecule has 52 heavy (non-hydrogen) atoms. The highest BCUT2D eigenvalue weighted by Gasteiger charge is 2.25. The molecule has 0 saturated carbocycles. The van der Waals surface area contributed by atoms with Crippen LogP contribution in [0.25, 0.3) is 38.3 Å². The second-order valence-electron chi connectivity index (χ2n) is 14.7. The molecule has 9 aromatic rings. The van der Waals surface area contributed by atoms with Crippen molar-refractivity contribution in [3.8, 4) is 5.69 Å². The molecule has 0 saturated heterocycles. The van der Waals surface area contributed by atoms with Crippen LogP contribution in [0.15, 0.2) is 187 Å². The van der Waals surface area contributed by atoms with Gasteiger partial charge in [0.25, 0.3) is 0 Å². The molecule has 256 valence electrons. The summed E-state index contributed by atoms with van der Waals surface area (Å²) in [5.41, 5.74) is 10.3. The second kappa shape index (κ2) is 12.5. The summed E-state index contributed by atoms with van der Waals surface area (Å²) in [7, 11) is 0. The zero-order valence-corrected chi connectivity index (χ0v) is 32.5. The Balaban J connectivity index is 1.36. The molecule has 0 aliphatic carbocycles. The summed E-state index contributed by atoms with van der Waals surface area (Å²) in [5.74, 6) is 0. The van der Waals surface area contributed by atoms with Crippen LogP contribution < -0.4 is 9.80 Å². The van der Waals surface area contributed by atoms with Gasteiger partial charge in [0.1, 0.15) is 0 Å². The van der Waals surface area contributed by atoms with Crippen LogP contribution in [-0.4, -0.2) is 23.3 Å². The molecule has 0 amide bonds. The maximum absolute atomic E-state index is 2.70. The van der Waals surface area contributed by atoms with E-state index in [2.05, 4.69) is 236 Å². The molecule has 0 radical (unpaired) electrons. The first-order valence-corrected chi connectivity index (χ1v) is 24.0. The van der Waals surface area contributed by atoms with Crippen molar-refractivity contribution < 1.29 is 0 Å². The van der Waals surface area contributed by atoms with E-state index in [1.807, 2.05) is 0 Å². The van der Waals surface area contributed by atoms with E-state index in [-0.39, 0.29) is 0 Å². The van der Waals surface area contributed by atoms with E-state index < -0.39 is 6.33 Å². The Bertz CT molecular complexity index is 2420. The Kier molecular flexibility index (Phi) is 7.83. The molecule has 0 spiro atoms. The molecule has 9 rings (SSSR count). The van der Waals surface area contributed by atoms with Crippen molar-refractivity contribution in [3.05, 3.63) is 182 Å². The van der Waals surface area contributed by atoms with Crippen LogP contribution in [0.3, 0.4) is 0 Å². The number of halogens is 1. The highest BCUT2D eigenvalue weighted by molar-refractivity contribution is 14.2. The Morgan fingerprint density at radius 1 is 0.404 bits per heavy atom. The van der Waals surface area contributed by atoms with E-state index >= 15 is 0 Å². The zero-order chi connectivity index (χ0) is 35.5. The molecule has 0 bridgehead atoms. The quantitative estimate of drug-likeness (QED) is 0.0932. The fraction of sp³-hybridized carbons (Fsp3) is 0.0638. The average Bonchev–Trinajstić information content (AvgIpc) is 3.50. The van der Waals surface area contributed by atoms with Crippen LogP contribution in [0, 0.1) is 0 Å². The lowest BCUT2D eigenvalue weighted by molar-refractivity contribution is 1.16. The fourth-order valence-corrected chi connectivity index (χ4v) is 9.70. The molecule has 0 fully saturated rings. The molecule has 0 N–H and O–H groups in total. The molecule has 5 heteroatoms. The van der Waals surface area contributed by atoms with Crippen molar-refractivity contribution in [2.45, 2.75) is 4.90 Å². The number of nitrogens with zero attached hydrogens (tertiary/aromatic N) is 3. The topological polar surface area (TPSA) is 11.4 Å². The normalized spacial score (nSPS) is 12.7. The van der Waals surface area contributed by atoms with E-state index in [4.69, 9.17) is 0 Å². The number of rotatable bonds is 8. The highest BCUT2D eigenvalue weighted by Crippen LogP contribution is 2.73. The lowest BCUT2D eigenvalue weighted by atomic mass is 10.00. The number of anilines is 6. The number of aromatic nitrogens is 1. The standard InChI is InChI=1S/C47H40IN3S/c1-52(2,3,48)43-28-26-40(27-29-43)51-44-32-41(49(36-16-8-4-9-17-36)37-18-10-5-11-19-37)30-34-24-25-35-31-42(33-45(51)47(35)46(34)44)50(38-20-12-6-13-21-38)39-22-14-7-15-23-39/h4-33,52H,1-3H3. The van der Waals surface area contributed by atoms with Gasteiger partial charge in [-0.3, -0.25) is 0 Å². The number of para-hydroxylation sites is 4. The summed E-state index contributed by atoms with van der Waals surface area (Å²) in [6.07, 6.45) is 5.24. The molecule has 3 nitrogen and oxygen atoms in total. The predicted octanol–water partition coefficient (Wildman–Crippen LogP) is 14.0. The van der Waals surface area contributed by atoms with Crippen LogP contribution in [0.1, 0.15) is 0 Å². The van der Waals surface area contributed by atoms with E-state index in [1.165, 1.54) is 37.5 Å². The van der Waals surface area contributed by atoms with Gasteiger partial charge in [-0.2, -0.15) is 0 Å². The van der Waals surface area contributed by atoms with Gasteiger partial charge in [0.05, 0.1) is 11.0 Å². The van der Waals surface area contributed by atoms with Crippen LogP contribution in [0.4, 0.5) is 34.1 Å². The third-order valence-corrected chi connectivity index (χ3v) is 13.7. The maximum atomic E-state index is 2.70. The maximum Gasteiger partial charge on any atom is 0.0568 e. The molecule has 0 aliphatic rings. The van der Waals surface area contributed by atoms with Gasteiger partial charge in [-0.15, -0.1) is 0 Å². The molecular weight excluding hydrogens is 766 g/mol. The first-order valence-electron chi connectivity index (χ1n) is 17.7. The molecule has 0 unspecified atom stereocenters. The lowest BCUT2D eigenvalue weighted by Crippen LogP contribution is -2.10. The zero-order valence-electron chi connectivity index (χ0n) is 29.5. The van der Waals surface area contributed by atoms with Crippen molar-refractivity contribution in [3.63, 3.8) is 0 Å². The lowest BCUT2D eigenvalue weighted by Gasteiger charge is -2.45. The third kappa shape index (κ3) is 5.78. The van der Waals surface area contributed by atoms with Crippen molar-refractivity contribution >= 4 is 94.2 Å². The van der Waals surface area contributed by atoms with E-state index in [0.29, 0.717) is 0 Å². The monoisotopic (exact) mass is 805 g/mol. The molecule has 1 aromatic heterocycles. The number of thiol groups is 1. The van der Waals surface area contributed by atoms with Crippen LogP contribution in [0.5, 0.6) is 0 Å². The van der Waals surface area contributed by atoms with Crippen molar-refractivity contribution in [2.24, 2.45) is 0 Å². The second-order valence-corrected chi connectivity index (χ2v) is 30.5. The summed E-state index contributed by atoms with van der Waals surface area (Å²) in [4.78, 5) is 6.16. The van der Waals surface area contributed by atoms with Gasteiger partial charge in [0.15, 0.2) is 0 Å².